The maximum absolute atomic E-state index is 10.2. The lowest BCUT2D eigenvalue weighted by Crippen LogP contribution is -2.35. The Morgan fingerprint density at radius 2 is 1.55 bits per heavy atom. The number of ether oxygens (including phenoxy) is 2. The molecule has 2 aromatic carbocycles. The molecule has 31 heavy (non-hydrogen) atoms. The van der Waals surface area contributed by atoms with E-state index in [2.05, 4.69) is 0 Å². The minimum Gasteiger partial charge on any atom is -0.507 e. The van der Waals surface area contributed by atoms with E-state index in [9.17, 15) is 40.9 Å². The van der Waals surface area contributed by atoms with Gasteiger partial charge in [-0.2, -0.15) is 0 Å². The van der Waals surface area contributed by atoms with Crippen molar-refractivity contribution in [3.05, 3.63) is 30.3 Å². The third-order valence-electron chi connectivity index (χ3n) is 4.89. The number of benzene rings is 2. The molecule has 11 nitrogen and oxygen atoms in total. The second kappa shape index (κ2) is 7.63. The van der Waals surface area contributed by atoms with Crippen LogP contribution < -0.4 is 4.74 Å². The van der Waals surface area contributed by atoms with Crippen LogP contribution in [-0.2, 0) is 4.74 Å². The van der Waals surface area contributed by atoms with Crippen molar-refractivity contribution in [1.82, 2.24) is 0 Å². The summed E-state index contributed by atoms with van der Waals surface area (Å²) in [7, 11) is 0. The van der Waals surface area contributed by atoms with Crippen molar-refractivity contribution in [1.29, 1.82) is 0 Å². The summed E-state index contributed by atoms with van der Waals surface area (Å²) in [5.74, 6) is -3.02. The van der Waals surface area contributed by atoms with E-state index in [-0.39, 0.29) is 39.5 Å². The Morgan fingerprint density at radius 1 is 0.871 bits per heavy atom. The van der Waals surface area contributed by atoms with Crippen LogP contribution in [0, 0.1) is 0 Å². The fourth-order valence-corrected chi connectivity index (χ4v) is 3.30. The van der Waals surface area contributed by atoms with Gasteiger partial charge in [0.1, 0.15) is 35.2 Å². The van der Waals surface area contributed by atoms with Crippen molar-refractivity contribution in [3.63, 3.8) is 0 Å². The summed E-state index contributed by atoms with van der Waals surface area (Å²) in [4.78, 5) is 0. The number of rotatable bonds is 4. The topological polar surface area (TPSA) is 192 Å². The first-order valence-electron chi connectivity index (χ1n) is 9.07. The molecule has 3 aromatic rings. The average molecular weight is 435 g/mol. The highest BCUT2D eigenvalue weighted by molar-refractivity contribution is 5.88. The molecule has 0 saturated carbocycles. The molecule has 1 aliphatic rings. The van der Waals surface area contributed by atoms with Crippen LogP contribution in [0.5, 0.6) is 34.5 Å². The van der Waals surface area contributed by atoms with E-state index < -0.39 is 48.5 Å². The van der Waals surface area contributed by atoms with Crippen molar-refractivity contribution in [2.75, 3.05) is 6.61 Å². The Labute approximate surface area is 173 Å². The Balaban J connectivity index is 1.87. The Kier molecular flexibility index (Phi) is 5.11. The van der Waals surface area contributed by atoms with Gasteiger partial charge in [-0.15, -0.1) is 0 Å². The number of hydrogen-bond acceptors (Lipinski definition) is 10. The third-order valence-corrected chi connectivity index (χ3v) is 4.89. The first-order chi connectivity index (χ1) is 14.7. The number of phenolic OH excluding ortho intramolecular Hbond substituents is 5. The minimum atomic E-state index is -1.53. The van der Waals surface area contributed by atoms with E-state index >= 15 is 0 Å². The molecule has 1 saturated heterocycles. The molecule has 4 rings (SSSR count). The normalized spacial score (nSPS) is 23.3. The number of hydrogen-bond donors (Lipinski definition) is 8. The van der Waals surface area contributed by atoms with Crippen molar-refractivity contribution in [3.8, 4) is 45.8 Å². The SMILES string of the molecule is OC[C@H]1O[C@@H](Oc2cc3c(O)cc(O)cc3[o+]c2-c2cc(O)c(O)c(O)c2)[C@H](O)[C@H]1O. The van der Waals surface area contributed by atoms with E-state index in [1.165, 1.54) is 12.1 Å². The fraction of sp³-hybridized carbons (Fsp3) is 0.250. The molecule has 1 fully saturated rings. The first kappa shape index (κ1) is 20.8. The molecule has 0 amide bonds. The van der Waals surface area contributed by atoms with E-state index in [4.69, 9.17) is 13.9 Å². The number of phenols is 5. The van der Waals surface area contributed by atoms with Crippen molar-refractivity contribution in [2.24, 2.45) is 0 Å². The van der Waals surface area contributed by atoms with Crippen LogP contribution >= 0.6 is 0 Å². The molecule has 0 spiro atoms. The number of aromatic hydroxyl groups is 5. The minimum absolute atomic E-state index is 0.00747. The van der Waals surface area contributed by atoms with Gasteiger partial charge in [0.25, 0.3) is 0 Å². The van der Waals surface area contributed by atoms with Gasteiger partial charge in [-0.05, 0) is 0 Å². The van der Waals surface area contributed by atoms with Crippen molar-refractivity contribution < 1.29 is 54.7 Å². The molecule has 0 radical (unpaired) electrons. The van der Waals surface area contributed by atoms with Crippen LogP contribution in [0.1, 0.15) is 0 Å². The predicted molar refractivity (Wildman–Crippen MR) is 103 cm³/mol. The van der Waals surface area contributed by atoms with E-state index in [1.807, 2.05) is 0 Å². The van der Waals surface area contributed by atoms with Gasteiger partial charge in [0.15, 0.2) is 17.2 Å². The molecular weight excluding hydrogens is 416 g/mol. The lowest BCUT2D eigenvalue weighted by atomic mass is 10.1. The second-order valence-corrected chi connectivity index (χ2v) is 7.00. The van der Waals surface area contributed by atoms with Gasteiger partial charge in [-0.25, -0.2) is 4.42 Å². The molecule has 4 atom stereocenters. The van der Waals surface area contributed by atoms with Gasteiger partial charge in [0.05, 0.1) is 18.2 Å². The molecule has 11 heteroatoms. The Morgan fingerprint density at radius 3 is 2.16 bits per heavy atom. The maximum atomic E-state index is 10.2. The zero-order valence-corrected chi connectivity index (χ0v) is 15.7. The Hall–Kier alpha value is -3.51. The summed E-state index contributed by atoms with van der Waals surface area (Å²) in [6.07, 6.45) is -5.50. The van der Waals surface area contributed by atoms with E-state index in [0.29, 0.717) is 0 Å². The largest absolute Gasteiger partial charge is 0.507 e. The quantitative estimate of drug-likeness (QED) is 0.213. The van der Waals surface area contributed by atoms with Crippen molar-refractivity contribution >= 4 is 11.0 Å². The van der Waals surface area contributed by atoms with Crippen LogP contribution in [0.2, 0.25) is 0 Å². The molecule has 1 aromatic heterocycles. The van der Waals surface area contributed by atoms with Gasteiger partial charge in [-0.1, -0.05) is 0 Å². The van der Waals surface area contributed by atoms with Gasteiger partial charge >= 0.3 is 11.3 Å². The highest BCUT2D eigenvalue weighted by Gasteiger charge is 2.45. The molecule has 2 heterocycles. The summed E-state index contributed by atoms with van der Waals surface area (Å²) in [6.45, 7) is -0.577. The van der Waals surface area contributed by atoms with Gasteiger partial charge < -0.3 is 50.3 Å². The lowest BCUT2D eigenvalue weighted by molar-refractivity contribution is -0.116. The zero-order chi connectivity index (χ0) is 22.4. The molecule has 0 unspecified atom stereocenters. The second-order valence-electron chi connectivity index (χ2n) is 7.00. The molecular formula is C20H19O11+. The molecule has 0 bridgehead atoms. The van der Waals surface area contributed by atoms with E-state index in [0.717, 1.165) is 18.2 Å². The number of aliphatic hydroxyl groups is 3. The molecule has 1 aliphatic heterocycles. The monoisotopic (exact) mass is 435 g/mol. The van der Waals surface area contributed by atoms with Gasteiger partial charge in [0.2, 0.25) is 12.0 Å². The molecule has 8 N–H and O–H groups in total. The molecule has 0 aliphatic carbocycles. The highest BCUT2D eigenvalue weighted by Crippen LogP contribution is 2.44. The summed E-state index contributed by atoms with van der Waals surface area (Å²) < 4.78 is 16.7. The van der Waals surface area contributed by atoms with Crippen LogP contribution in [0.3, 0.4) is 0 Å². The smallest absolute Gasteiger partial charge is 0.402 e. The average Bonchev–Trinajstić information content (AvgIpc) is 2.99. The van der Waals surface area contributed by atoms with Crippen LogP contribution in [0.4, 0.5) is 0 Å². The fourth-order valence-electron chi connectivity index (χ4n) is 3.30. The van der Waals surface area contributed by atoms with Gasteiger partial charge in [0, 0.05) is 24.3 Å². The van der Waals surface area contributed by atoms with Crippen LogP contribution in [0.15, 0.2) is 34.7 Å². The standard InChI is InChI=1S/C20H18O11/c21-6-15-17(27)18(28)20(31-15)30-14-5-9-10(23)3-8(22)4-13(9)29-19(14)7-1-11(24)16(26)12(25)2-7/h1-5,15,17-18,20-21,27-28H,6H2,(H4-,22,23,24,25,26)/p+1/t15-,17+,18-,20-/m1/s1. The highest BCUT2D eigenvalue weighted by atomic mass is 16.7. The predicted octanol–water partition coefficient (Wildman–Crippen LogP) is 0.727. The van der Waals surface area contributed by atoms with Crippen LogP contribution in [0.25, 0.3) is 22.3 Å². The third kappa shape index (κ3) is 3.59. The Bertz CT molecular complexity index is 1120. The number of fused-ring (bicyclic) bond motifs is 1. The summed E-state index contributed by atoms with van der Waals surface area (Å²) in [6, 6.07) is 5.68. The molecule has 164 valence electrons. The van der Waals surface area contributed by atoms with Crippen LogP contribution in [-0.4, -0.2) is 72.1 Å². The summed E-state index contributed by atoms with van der Waals surface area (Å²) in [5.41, 5.74) is 0.0346. The summed E-state index contributed by atoms with van der Waals surface area (Å²) in [5, 5.41) is 78.7. The lowest BCUT2D eigenvalue weighted by Gasteiger charge is -2.16. The van der Waals surface area contributed by atoms with Gasteiger partial charge in [-0.3, -0.25) is 0 Å². The van der Waals surface area contributed by atoms with E-state index in [1.54, 1.807) is 0 Å². The first-order valence-corrected chi connectivity index (χ1v) is 9.07. The maximum Gasteiger partial charge on any atom is 0.402 e. The zero-order valence-electron chi connectivity index (χ0n) is 15.7. The number of aliphatic hydroxyl groups excluding tert-OH is 3. The summed E-state index contributed by atoms with van der Waals surface area (Å²) >= 11 is 0. The van der Waals surface area contributed by atoms with Crippen molar-refractivity contribution in [2.45, 2.75) is 24.6 Å².